The van der Waals surface area contributed by atoms with E-state index in [0.29, 0.717) is 17.9 Å². The molecular formula is C18H21O3P. The Bertz CT molecular complexity index is 657. The molecule has 0 amide bonds. The van der Waals surface area contributed by atoms with Crippen molar-refractivity contribution < 1.29 is 13.8 Å². The second-order valence-electron chi connectivity index (χ2n) is 5.22. The van der Waals surface area contributed by atoms with Crippen molar-refractivity contribution in [2.24, 2.45) is 0 Å². The molecule has 0 aliphatic carbocycles. The Kier molecular flexibility index (Phi) is 5.70. The summed E-state index contributed by atoms with van der Waals surface area (Å²) < 4.78 is 10.8. The second kappa shape index (κ2) is 7.53. The minimum Gasteiger partial charge on any atom is -0.449 e. The molecule has 0 aromatic heterocycles. The fraction of sp³-hybridized carbons (Fsp3) is 0.278. The van der Waals surface area contributed by atoms with Gasteiger partial charge in [0.1, 0.15) is 5.75 Å². The van der Waals surface area contributed by atoms with Crippen LogP contribution < -0.4 is 4.52 Å². The highest BCUT2D eigenvalue weighted by molar-refractivity contribution is 7.26. The van der Waals surface area contributed by atoms with E-state index < -0.39 is 0 Å². The van der Waals surface area contributed by atoms with Gasteiger partial charge < -0.3 is 9.05 Å². The van der Waals surface area contributed by atoms with Crippen LogP contribution in [0.25, 0.3) is 0 Å². The Labute approximate surface area is 133 Å². The quantitative estimate of drug-likeness (QED) is 0.437. The number of hydrogen-bond donors (Lipinski definition) is 0. The molecular weight excluding hydrogens is 295 g/mol. The molecule has 22 heavy (non-hydrogen) atoms. The van der Waals surface area contributed by atoms with Gasteiger partial charge in [-0.15, -0.1) is 0 Å². The molecule has 0 spiro atoms. The first-order chi connectivity index (χ1) is 10.5. The van der Waals surface area contributed by atoms with Gasteiger partial charge in [0.05, 0.1) is 12.2 Å². The van der Waals surface area contributed by atoms with E-state index in [1.807, 2.05) is 52.0 Å². The SMILES string of the molecule is CCOPOc1ccccc1C(=O)c1c(C)cc(C)cc1C. The first kappa shape index (κ1) is 16.7. The second-order valence-corrected chi connectivity index (χ2v) is 5.88. The van der Waals surface area contributed by atoms with Crippen molar-refractivity contribution in [3.05, 3.63) is 64.2 Å². The smallest absolute Gasteiger partial charge is 0.215 e. The van der Waals surface area contributed by atoms with Crippen molar-refractivity contribution in [3.63, 3.8) is 0 Å². The Balaban J connectivity index is 2.38. The average Bonchev–Trinajstić information content (AvgIpc) is 2.47. The predicted octanol–water partition coefficient (Wildman–Crippen LogP) is 4.77. The van der Waals surface area contributed by atoms with E-state index in [1.54, 1.807) is 12.1 Å². The number of ketones is 1. The molecule has 4 heteroatoms. The molecule has 0 N–H and O–H groups in total. The normalized spacial score (nSPS) is 11.1. The maximum atomic E-state index is 12.9. The molecule has 0 aliphatic rings. The summed E-state index contributed by atoms with van der Waals surface area (Å²) in [5.41, 5.74) is 4.47. The number of rotatable bonds is 6. The van der Waals surface area contributed by atoms with E-state index >= 15 is 0 Å². The van der Waals surface area contributed by atoms with Gasteiger partial charge >= 0.3 is 0 Å². The van der Waals surface area contributed by atoms with Crippen LogP contribution in [0, 0.1) is 20.8 Å². The Morgan fingerprint density at radius 2 is 1.73 bits per heavy atom. The van der Waals surface area contributed by atoms with Crippen molar-refractivity contribution in [2.45, 2.75) is 27.7 Å². The lowest BCUT2D eigenvalue weighted by Gasteiger charge is -2.13. The number of aryl methyl sites for hydroxylation is 3. The summed E-state index contributed by atoms with van der Waals surface area (Å²) in [6.45, 7) is 8.48. The van der Waals surface area contributed by atoms with Gasteiger partial charge in [0.25, 0.3) is 0 Å². The zero-order chi connectivity index (χ0) is 16.1. The fourth-order valence-electron chi connectivity index (χ4n) is 2.55. The van der Waals surface area contributed by atoms with Crippen LogP contribution in [0.1, 0.15) is 39.5 Å². The summed E-state index contributed by atoms with van der Waals surface area (Å²) in [6.07, 6.45) is 0. The molecule has 0 saturated carbocycles. The molecule has 2 aromatic rings. The summed E-state index contributed by atoms with van der Waals surface area (Å²) >= 11 is 0. The maximum absolute atomic E-state index is 12.9. The van der Waals surface area contributed by atoms with Crippen molar-refractivity contribution in [2.75, 3.05) is 6.61 Å². The summed E-state index contributed by atoms with van der Waals surface area (Å²) in [7, 11) is -0.103. The molecule has 0 aliphatic heterocycles. The molecule has 0 fully saturated rings. The highest BCUT2D eigenvalue weighted by atomic mass is 31.1. The van der Waals surface area contributed by atoms with Crippen LogP contribution >= 0.6 is 9.03 Å². The van der Waals surface area contributed by atoms with Crippen LogP contribution in [0.2, 0.25) is 0 Å². The van der Waals surface area contributed by atoms with Gasteiger partial charge in [0.15, 0.2) is 5.78 Å². The van der Waals surface area contributed by atoms with Gasteiger partial charge in [-0.3, -0.25) is 4.79 Å². The summed E-state index contributed by atoms with van der Waals surface area (Å²) in [4.78, 5) is 12.9. The topological polar surface area (TPSA) is 35.5 Å². The van der Waals surface area contributed by atoms with E-state index in [0.717, 1.165) is 22.3 Å². The highest BCUT2D eigenvalue weighted by Gasteiger charge is 2.18. The number of carbonyl (C=O) groups is 1. The van der Waals surface area contributed by atoms with Crippen LogP contribution in [-0.4, -0.2) is 12.4 Å². The minimum absolute atomic E-state index is 0.00750. The highest BCUT2D eigenvalue weighted by Crippen LogP contribution is 2.29. The van der Waals surface area contributed by atoms with Crippen molar-refractivity contribution in [3.8, 4) is 5.75 Å². The van der Waals surface area contributed by atoms with Gasteiger partial charge in [-0.25, -0.2) is 0 Å². The van der Waals surface area contributed by atoms with Crippen LogP contribution in [0.15, 0.2) is 36.4 Å². The molecule has 0 bridgehead atoms. The summed E-state index contributed by atoms with van der Waals surface area (Å²) in [5.74, 6) is 0.561. The largest absolute Gasteiger partial charge is 0.449 e. The number of carbonyl (C=O) groups excluding carboxylic acids is 1. The summed E-state index contributed by atoms with van der Waals surface area (Å²) in [6, 6.07) is 11.4. The van der Waals surface area contributed by atoms with Crippen LogP contribution in [0.5, 0.6) is 5.75 Å². The van der Waals surface area contributed by atoms with Crippen LogP contribution in [0.4, 0.5) is 0 Å². The van der Waals surface area contributed by atoms with Crippen LogP contribution in [0.3, 0.4) is 0 Å². The molecule has 1 atom stereocenters. The third-order valence-electron chi connectivity index (χ3n) is 3.39. The van der Waals surface area contributed by atoms with Gasteiger partial charge in [-0.1, -0.05) is 29.8 Å². The Morgan fingerprint density at radius 1 is 1.09 bits per heavy atom. The minimum atomic E-state index is -0.103. The van der Waals surface area contributed by atoms with Gasteiger partial charge in [0.2, 0.25) is 9.03 Å². The Morgan fingerprint density at radius 3 is 2.36 bits per heavy atom. The summed E-state index contributed by atoms with van der Waals surface area (Å²) in [5, 5.41) is 0. The van der Waals surface area contributed by atoms with Gasteiger partial charge in [0, 0.05) is 5.56 Å². The zero-order valence-electron chi connectivity index (χ0n) is 13.4. The van der Waals surface area contributed by atoms with Crippen molar-refractivity contribution in [1.82, 2.24) is 0 Å². The fourth-order valence-corrected chi connectivity index (χ4v) is 2.99. The average molecular weight is 316 g/mol. The monoisotopic (exact) mass is 316 g/mol. The lowest BCUT2D eigenvalue weighted by molar-refractivity contribution is 0.103. The van der Waals surface area contributed by atoms with E-state index in [-0.39, 0.29) is 14.8 Å². The number of benzene rings is 2. The molecule has 3 nitrogen and oxygen atoms in total. The van der Waals surface area contributed by atoms with Crippen molar-refractivity contribution in [1.29, 1.82) is 0 Å². The molecule has 116 valence electrons. The van der Waals surface area contributed by atoms with Gasteiger partial charge in [-0.05, 0) is 51.0 Å². The third kappa shape index (κ3) is 3.73. The molecule has 2 rings (SSSR count). The number of hydrogen-bond acceptors (Lipinski definition) is 3. The first-order valence-electron chi connectivity index (χ1n) is 7.29. The lowest BCUT2D eigenvalue weighted by atomic mass is 9.93. The van der Waals surface area contributed by atoms with E-state index in [9.17, 15) is 4.79 Å². The zero-order valence-corrected chi connectivity index (χ0v) is 14.4. The third-order valence-corrected chi connectivity index (χ3v) is 4.10. The molecule has 1 unspecified atom stereocenters. The number of para-hydroxylation sites is 1. The first-order valence-corrected chi connectivity index (χ1v) is 8.11. The van der Waals surface area contributed by atoms with E-state index in [1.165, 1.54) is 0 Å². The molecule has 0 radical (unpaired) electrons. The van der Waals surface area contributed by atoms with E-state index in [2.05, 4.69) is 0 Å². The van der Waals surface area contributed by atoms with Crippen LogP contribution in [-0.2, 0) is 4.52 Å². The standard InChI is InChI=1S/C18H21O3P/c1-5-20-22-21-16-9-7-6-8-15(16)18(19)17-13(3)10-12(2)11-14(17)4/h6-11,22H,5H2,1-4H3. The molecule has 2 aromatic carbocycles. The predicted molar refractivity (Wildman–Crippen MR) is 91.1 cm³/mol. The van der Waals surface area contributed by atoms with E-state index in [4.69, 9.17) is 9.05 Å². The van der Waals surface area contributed by atoms with Gasteiger partial charge in [-0.2, -0.15) is 0 Å². The molecule has 0 saturated heterocycles. The van der Waals surface area contributed by atoms with Crippen molar-refractivity contribution >= 4 is 14.8 Å². The lowest BCUT2D eigenvalue weighted by Crippen LogP contribution is -2.08. The maximum Gasteiger partial charge on any atom is 0.215 e. The molecule has 0 heterocycles. The Hall–Kier alpha value is -1.70.